The number of nitrogens with zero attached hydrogens (tertiary/aromatic N) is 1. The Morgan fingerprint density at radius 3 is 2.41 bits per heavy atom. The monoisotopic (exact) mass is 368 g/mol. The number of nitrogens with two attached hydrogens (primary N) is 1. The molecule has 0 amide bonds. The third-order valence-corrected chi connectivity index (χ3v) is 2.56. The lowest BCUT2D eigenvalue weighted by Crippen LogP contribution is -2.20. The number of alkyl halides is 5. The minimum Gasteiger partial charge on any atom is -0.387 e. The molecular weight excluding hydrogens is 362 g/mol. The Bertz CT molecular complexity index is 410. The lowest BCUT2D eigenvalue weighted by Gasteiger charge is -2.14. The van der Waals surface area contributed by atoms with Crippen LogP contribution in [0.1, 0.15) is 17.7 Å². The van der Waals surface area contributed by atoms with E-state index in [1.165, 1.54) is 28.7 Å². The summed E-state index contributed by atoms with van der Waals surface area (Å²) in [5, 5.41) is 0. The molecule has 0 saturated heterocycles. The van der Waals surface area contributed by atoms with Crippen molar-refractivity contribution in [3.63, 3.8) is 0 Å². The van der Waals surface area contributed by atoms with Crippen LogP contribution in [0.15, 0.2) is 6.07 Å². The molecule has 9 heteroatoms. The molecule has 0 fully saturated rings. The van der Waals surface area contributed by atoms with Gasteiger partial charge in [-0.15, -0.1) is 13.2 Å². The molecule has 0 unspecified atom stereocenters. The predicted octanol–water partition coefficient (Wildman–Crippen LogP) is 2.98. The predicted molar refractivity (Wildman–Crippen MR) is 56.5 cm³/mol. The molecule has 0 aliphatic heterocycles. The number of halogens is 6. The second-order valence-corrected chi connectivity index (χ2v) is 4.03. The molecule has 17 heavy (non-hydrogen) atoms. The summed E-state index contributed by atoms with van der Waals surface area (Å²) in [6, 6.07) is 1.19. The zero-order valence-electron chi connectivity index (χ0n) is 8.06. The highest BCUT2D eigenvalue weighted by Crippen LogP contribution is 2.35. The van der Waals surface area contributed by atoms with Crippen molar-refractivity contribution < 1.29 is 26.7 Å². The molecule has 0 radical (unpaired) electrons. The molecule has 96 valence electrons. The Morgan fingerprint density at radius 1 is 1.41 bits per heavy atom. The van der Waals surface area contributed by atoms with Crippen molar-refractivity contribution in [1.82, 2.24) is 4.98 Å². The number of ether oxygens (including phenoxy) is 1. The zero-order chi connectivity index (χ0) is 13.2. The summed E-state index contributed by atoms with van der Waals surface area (Å²) in [5.74, 6) is -1.15. The van der Waals surface area contributed by atoms with Crippen molar-refractivity contribution in [2.45, 2.75) is 19.3 Å². The average molecular weight is 368 g/mol. The quantitative estimate of drug-likeness (QED) is 0.659. The molecule has 1 heterocycles. The highest BCUT2D eigenvalue weighted by atomic mass is 127. The van der Waals surface area contributed by atoms with E-state index in [1.54, 1.807) is 0 Å². The van der Waals surface area contributed by atoms with E-state index in [9.17, 15) is 22.0 Å². The van der Waals surface area contributed by atoms with Crippen molar-refractivity contribution in [1.29, 1.82) is 0 Å². The molecule has 0 aliphatic rings. The van der Waals surface area contributed by atoms with Crippen LogP contribution in [0.5, 0.6) is 5.88 Å². The van der Waals surface area contributed by atoms with Crippen LogP contribution in [0.2, 0.25) is 0 Å². The lowest BCUT2D eigenvalue weighted by molar-refractivity contribution is -0.276. The topological polar surface area (TPSA) is 48.1 Å². The van der Waals surface area contributed by atoms with Crippen LogP contribution in [-0.4, -0.2) is 11.3 Å². The molecule has 1 rings (SSSR count). The van der Waals surface area contributed by atoms with Crippen LogP contribution >= 0.6 is 22.6 Å². The van der Waals surface area contributed by atoms with Gasteiger partial charge in [0.1, 0.15) is 0 Å². The minimum atomic E-state index is -5.08. The van der Waals surface area contributed by atoms with Crippen LogP contribution in [0.25, 0.3) is 0 Å². The fourth-order valence-corrected chi connectivity index (χ4v) is 1.86. The van der Waals surface area contributed by atoms with Gasteiger partial charge < -0.3 is 10.5 Å². The van der Waals surface area contributed by atoms with Gasteiger partial charge in [0.25, 0.3) is 6.43 Å². The summed E-state index contributed by atoms with van der Waals surface area (Å²) >= 11 is 1.48. The smallest absolute Gasteiger partial charge is 0.387 e. The first-order valence-electron chi connectivity index (χ1n) is 4.18. The van der Waals surface area contributed by atoms with E-state index >= 15 is 0 Å². The van der Waals surface area contributed by atoms with Gasteiger partial charge in [0.05, 0.1) is 11.3 Å². The fraction of sp³-hybridized carbons (Fsp3) is 0.375. The minimum absolute atomic E-state index is 0.0399. The number of hydrogen-bond donors (Lipinski definition) is 1. The Morgan fingerprint density at radius 2 is 2.00 bits per heavy atom. The highest BCUT2D eigenvalue weighted by Gasteiger charge is 2.35. The number of pyridine rings is 1. The Labute approximate surface area is 106 Å². The first-order chi connectivity index (χ1) is 7.74. The van der Waals surface area contributed by atoms with Crippen LogP contribution in [0, 0.1) is 3.57 Å². The number of aromatic nitrogens is 1. The van der Waals surface area contributed by atoms with Crippen molar-refractivity contribution in [2.24, 2.45) is 5.73 Å². The maximum Gasteiger partial charge on any atom is 0.574 e. The Hall–Kier alpha value is -0.710. The second kappa shape index (κ2) is 5.29. The lowest BCUT2D eigenvalue weighted by atomic mass is 10.2. The largest absolute Gasteiger partial charge is 0.574 e. The van der Waals surface area contributed by atoms with Gasteiger partial charge in [0.2, 0.25) is 5.88 Å². The van der Waals surface area contributed by atoms with Gasteiger partial charge in [-0.2, -0.15) is 0 Å². The average Bonchev–Trinajstić information content (AvgIpc) is 2.13. The number of hydrogen-bond acceptors (Lipinski definition) is 3. The van der Waals surface area contributed by atoms with E-state index < -0.39 is 24.2 Å². The summed E-state index contributed by atoms with van der Waals surface area (Å²) < 4.78 is 64.6. The molecular formula is C8H6F5IN2O. The van der Waals surface area contributed by atoms with Gasteiger partial charge in [-0.25, -0.2) is 13.8 Å². The van der Waals surface area contributed by atoms with Gasteiger partial charge in [0, 0.05) is 10.1 Å². The van der Waals surface area contributed by atoms with Crippen LogP contribution < -0.4 is 10.5 Å². The molecule has 2 N–H and O–H groups in total. The molecule has 0 atom stereocenters. The standard InChI is InChI=1S/C8H6F5IN2O/c9-6(10)5-4(14)1-3(2-15)16-7(5)17-8(11,12)13/h1,6H,2,15H2. The van der Waals surface area contributed by atoms with E-state index in [4.69, 9.17) is 5.73 Å². The summed E-state index contributed by atoms with van der Waals surface area (Å²) in [6.07, 6.45) is -8.19. The van der Waals surface area contributed by atoms with Crippen molar-refractivity contribution in [2.75, 3.05) is 0 Å². The summed E-state index contributed by atoms with van der Waals surface area (Å²) in [5.41, 5.74) is 4.34. The first kappa shape index (κ1) is 14.4. The molecule has 0 bridgehead atoms. The molecule has 0 spiro atoms. The maximum absolute atomic E-state index is 12.6. The summed E-state index contributed by atoms with van der Waals surface area (Å²) in [6.45, 7) is -0.173. The normalized spacial score (nSPS) is 12.0. The maximum atomic E-state index is 12.6. The van der Waals surface area contributed by atoms with E-state index in [0.29, 0.717) is 0 Å². The van der Waals surface area contributed by atoms with Gasteiger partial charge in [-0.05, 0) is 28.7 Å². The van der Waals surface area contributed by atoms with Gasteiger partial charge in [-0.3, -0.25) is 0 Å². The van der Waals surface area contributed by atoms with Crippen molar-refractivity contribution in [3.05, 3.63) is 20.9 Å². The van der Waals surface area contributed by atoms with E-state index in [0.717, 1.165) is 0 Å². The third kappa shape index (κ3) is 3.91. The molecule has 0 aliphatic carbocycles. The SMILES string of the molecule is NCc1cc(I)c(C(F)F)c(OC(F)(F)F)n1. The van der Waals surface area contributed by atoms with E-state index in [2.05, 4.69) is 9.72 Å². The van der Waals surface area contributed by atoms with Crippen LogP contribution in [0.4, 0.5) is 22.0 Å². The fourth-order valence-electron chi connectivity index (χ4n) is 1.04. The molecule has 3 nitrogen and oxygen atoms in total. The van der Waals surface area contributed by atoms with Gasteiger partial charge >= 0.3 is 6.36 Å². The molecule has 1 aromatic rings. The van der Waals surface area contributed by atoms with Crippen molar-refractivity contribution >= 4 is 22.6 Å². The van der Waals surface area contributed by atoms with Crippen LogP contribution in [-0.2, 0) is 6.54 Å². The van der Waals surface area contributed by atoms with E-state index in [1.807, 2.05) is 0 Å². The Balaban J connectivity index is 3.27. The summed E-state index contributed by atoms with van der Waals surface area (Å²) in [4.78, 5) is 3.31. The molecule has 1 aromatic heterocycles. The highest BCUT2D eigenvalue weighted by molar-refractivity contribution is 14.1. The van der Waals surface area contributed by atoms with E-state index in [-0.39, 0.29) is 15.8 Å². The number of rotatable bonds is 3. The van der Waals surface area contributed by atoms with Crippen molar-refractivity contribution in [3.8, 4) is 5.88 Å². The second-order valence-electron chi connectivity index (χ2n) is 2.87. The Kier molecular flexibility index (Phi) is 4.47. The zero-order valence-corrected chi connectivity index (χ0v) is 10.2. The molecule has 0 aromatic carbocycles. The molecule has 0 saturated carbocycles. The van der Waals surface area contributed by atoms with Gasteiger partial charge in [-0.1, -0.05) is 0 Å². The van der Waals surface area contributed by atoms with Crippen LogP contribution in [0.3, 0.4) is 0 Å². The first-order valence-corrected chi connectivity index (χ1v) is 5.25. The summed E-state index contributed by atoms with van der Waals surface area (Å²) in [7, 11) is 0. The van der Waals surface area contributed by atoms with Gasteiger partial charge in [0.15, 0.2) is 0 Å². The third-order valence-electron chi connectivity index (χ3n) is 1.67.